The Balaban J connectivity index is 1.72. The number of allylic oxidation sites excluding steroid dienone is 1. The van der Waals surface area contributed by atoms with Crippen molar-refractivity contribution in [2.45, 2.75) is 0 Å². The number of furan rings is 1. The minimum absolute atomic E-state index is 0.387. The Kier molecular flexibility index (Phi) is 5.30. The van der Waals surface area contributed by atoms with Crippen molar-refractivity contribution in [2.75, 3.05) is 7.11 Å². The van der Waals surface area contributed by atoms with Crippen molar-refractivity contribution in [2.24, 2.45) is 0 Å². The van der Waals surface area contributed by atoms with E-state index in [0.29, 0.717) is 33.2 Å². The number of methoxy groups -OCH3 is 1. The van der Waals surface area contributed by atoms with Crippen LogP contribution in [0.2, 0.25) is 0 Å². The second kappa shape index (κ2) is 8.03. The molecule has 0 radical (unpaired) electrons. The van der Waals surface area contributed by atoms with Crippen LogP contribution >= 0.6 is 27.3 Å². The van der Waals surface area contributed by atoms with Crippen LogP contribution in [0.3, 0.4) is 0 Å². The Labute approximate surface area is 179 Å². The minimum atomic E-state index is -0.456. The molecule has 5 nitrogen and oxygen atoms in total. The molecule has 2 heterocycles. The zero-order valence-corrected chi connectivity index (χ0v) is 17.6. The molecule has 0 saturated heterocycles. The van der Waals surface area contributed by atoms with E-state index < -0.39 is 5.97 Å². The molecule has 142 valence electrons. The largest absolute Gasteiger partial charge is 0.465 e. The molecule has 0 amide bonds. The van der Waals surface area contributed by atoms with Gasteiger partial charge < -0.3 is 9.15 Å². The summed E-state index contributed by atoms with van der Waals surface area (Å²) in [5.41, 5.74) is 2.26. The lowest BCUT2D eigenvalue weighted by molar-refractivity contribution is 0.0601. The first kappa shape index (κ1) is 19.1. The molecule has 0 aliphatic rings. The van der Waals surface area contributed by atoms with Gasteiger partial charge in [-0.3, -0.25) is 0 Å². The number of halogens is 1. The van der Waals surface area contributed by atoms with Gasteiger partial charge in [0.15, 0.2) is 0 Å². The van der Waals surface area contributed by atoms with Gasteiger partial charge in [0.05, 0.1) is 28.5 Å². The lowest BCUT2D eigenvalue weighted by Crippen LogP contribution is -2.03. The number of para-hydroxylation sites is 1. The summed E-state index contributed by atoms with van der Waals surface area (Å²) in [4.78, 5) is 16.6. The standard InChI is InChI=1S/C22H13BrN2O3S/c1-27-22(26)17-11-14(23)6-8-16(17)19-9-7-15(28-19)10-13(12-24)21-25-18-4-2-3-5-20(18)29-21/h2-11H,1H3/b13-10+. The molecule has 2 aromatic carbocycles. The summed E-state index contributed by atoms with van der Waals surface area (Å²) in [5.74, 6) is 0.544. The van der Waals surface area contributed by atoms with Crippen molar-refractivity contribution in [3.63, 3.8) is 0 Å². The van der Waals surface area contributed by atoms with E-state index in [4.69, 9.17) is 9.15 Å². The van der Waals surface area contributed by atoms with Crippen molar-refractivity contribution in [3.8, 4) is 17.4 Å². The van der Waals surface area contributed by atoms with Crippen LogP contribution in [0.4, 0.5) is 0 Å². The van der Waals surface area contributed by atoms with Gasteiger partial charge >= 0.3 is 5.97 Å². The topological polar surface area (TPSA) is 76.1 Å². The number of benzene rings is 2. The summed E-state index contributed by atoms with van der Waals surface area (Å²) in [6, 6.07) is 18.7. The van der Waals surface area contributed by atoms with Crippen LogP contribution in [0, 0.1) is 11.3 Å². The van der Waals surface area contributed by atoms with Crippen molar-refractivity contribution in [1.82, 2.24) is 4.98 Å². The number of hydrogen-bond donors (Lipinski definition) is 0. The molecule has 0 fully saturated rings. The highest BCUT2D eigenvalue weighted by Crippen LogP contribution is 2.32. The summed E-state index contributed by atoms with van der Waals surface area (Å²) in [5, 5.41) is 10.2. The van der Waals surface area contributed by atoms with Crippen LogP contribution in [0.5, 0.6) is 0 Å². The van der Waals surface area contributed by atoms with Gasteiger partial charge in [0.1, 0.15) is 22.6 Å². The van der Waals surface area contributed by atoms with E-state index in [1.54, 1.807) is 30.3 Å². The van der Waals surface area contributed by atoms with Crippen molar-refractivity contribution >= 4 is 55.1 Å². The smallest absolute Gasteiger partial charge is 0.338 e. The van der Waals surface area contributed by atoms with Crippen LogP contribution in [0.15, 0.2) is 63.5 Å². The Bertz CT molecular complexity index is 1260. The number of nitrogens with zero attached hydrogens (tertiary/aromatic N) is 2. The number of aromatic nitrogens is 1. The first-order valence-electron chi connectivity index (χ1n) is 8.55. The average Bonchev–Trinajstić information content (AvgIpc) is 3.38. The molecule has 4 aromatic rings. The maximum atomic E-state index is 12.1. The molecule has 0 aliphatic heterocycles. The number of thiazole rings is 1. The maximum Gasteiger partial charge on any atom is 0.338 e. The summed E-state index contributed by atoms with van der Waals surface area (Å²) in [6.07, 6.45) is 1.65. The summed E-state index contributed by atoms with van der Waals surface area (Å²) in [7, 11) is 1.33. The van der Waals surface area contributed by atoms with Gasteiger partial charge in [0, 0.05) is 16.1 Å². The van der Waals surface area contributed by atoms with Crippen LogP contribution in [-0.2, 0) is 4.74 Å². The fraction of sp³-hybridized carbons (Fsp3) is 0.0455. The van der Waals surface area contributed by atoms with E-state index in [2.05, 4.69) is 27.0 Å². The van der Waals surface area contributed by atoms with Gasteiger partial charge in [-0.15, -0.1) is 11.3 Å². The summed E-state index contributed by atoms with van der Waals surface area (Å²) in [6.45, 7) is 0. The number of carbonyl (C=O) groups is 1. The Morgan fingerprint density at radius 2 is 2.07 bits per heavy atom. The van der Waals surface area contributed by atoms with E-state index in [-0.39, 0.29) is 0 Å². The first-order chi connectivity index (χ1) is 14.1. The lowest BCUT2D eigenvalue weighted by Gasteiger charge is -2.06. The average molecular weight is 465 g/mol. The molecule has 0 bridgehead atoms. The quantitative estimate of drug-likeness (QED) is 0.266. The lowest BCUT2D eigenvalue weighted by atomic mass is 10.1. The highest BCUT2D eigenvalue weighted by Gasteiger charge is 2.17. The molecule has 0 atom stereocenters. The Morgan fingerprint density at radius 1 is 1.24 bits per heavy atom. The fourth-order valence-corrected chi connectivity index (χ4v) is 4.15. The second-order valence-electron chi connectivity index (χ2n) is 6.04. The summed E-state index contributed by atoms with van der Waals surface area (Å²) < 4.78 is 12.5. The van der Waals surface area contributed by atoms with Gasteiger partial charge in [-0.1, -0.05) is 28.1 Å². The van der Waals surface area contributed by atoms with E-state index in [9.17, 15) is 10.1 Å². The van der Waals surface area contributed by atoms with Crippen LogP contribution in [0.25, 0.3) is 33.2 Å². The van der Waals surface area contributed by atoms with E-state index >= 15 is 0 Å². The van der Waals surface area contributed by atoms with Crippen molar-refractivity contribution < 1.29 is 13.9 Å². The maximum absolute atomic E-state index is 12.1. The third-order valence-electron chi connectivity index (χ3n) is 4.21. The molecule has 2 aromatic heterocycles. The van der Waals surface area contributed by atoms with Gasteiger partial charge in [-0.05, 0) is 42.5 Å². The normalized spacial score (nSPS) is 11.4. The number of carbonyl (C=O) groups excluding carboxylic acids is 1. The van der Waals surface area contributed by atoms with Gasteiger partial charge in [-0.2, -0.15) is 5.26 Å². The molecule has 0 aliphatic carbocycles. The zero-order chi connectivity index (χ0) is 20.4. The number of rotatable bonds is 4. The van der Waals surface area contributed by atoms with Crippen LogP contribution in [0.1, 0.15) is 21.1 Å². The SMILES string of the molecule is COC(=O)c1cc(Br)ccc1-c1ccc(/C=C(\C#N)c2nc3ccccc3s2)o1. The highest BCUT2D eigenvalue weighted by atomic mass is 79.9. The van der Waals surface area contributed by atoms with Crippen LogP contribution < -0.4 is 0 Å². The predicted molar refractivity (Wildman–Crippen MR) is 116 cm³/mol. The minimum Gasteiger partial charge on any atom is -0.465 e. The number of fused-ring (bicyclic) bond motifs is 1. The fourth-order valence-electron chi connectivity index (χ4n) is 2.86. The predicted octanol–water partition coefficient (Wildman–Crippen LogP) is 6.17. The number of ether oxygens (including phenoxy) is 1. The van der Waals surface area contributed by atoms with E-state index in [1.165, 1.54) is 18.4 Å². The van der Waals surface area contributed by atoms with E-state index in [0.717, 1.165) is 14.7 Å². The van der Waals surface area contributed by atoms with Crippen molar-refractivity contribution in [1.29, 1.82) is 5.26 Å². The molecule has 29 heavy (non-hydrogen) atoms. The second-order valence-corrected chi connectivity index (χ2v) is 7.99. The number of hydrogen-bond acceptors (Lipinski definition) is 6. The number of esters is 1. The van der Waals surface area contributed by atoms with Crippen LogP contribution in [-0.4, -0.2) is 18.1 Å². The summed E-state index contributed by atoms with van der Waals surface area (Å²) >= 11 is 4.82. The van der Waals surface area contributed by atoms with E-state index in [1.807, 2.05) is 30.3 Å². The van der Waals surface area contributed by atoms with Gasteiger partial charge in [-0.25, -0.2) is 9.78 Å². The zero-order valence-electron chi connectivity index (χ0n) is 15.2. The monoisotopic (exact) mass is 464 g/mol. The molecular formula is C22H13BrN2O3S. The first-order valence-corrected chi connectivity index (χ1v) is 10.2. The molecule has 4 rings (SSSR count). The molecule has 7 heteroatoms. The Hall–Kier alpha value is -3.21. The van der Waals surface area contributed by atoms with Crippen molar-refractivity contribution in [3.05, 3.63) is 75.4 Å². The third kappa shape index (κ3) is 3.86. The molecule has 0 N–H and O–H groups in total. The molecule has 0 saturated carbocycles. The van der Waals surface area contributed by atoms with Gasteiger partial charge in [0.2, 0.25) is 0 Å². The highest BCUT2D eigenvalue weighted by molar-refractivity contribution is 9.10. The Morgan fingerprint density at radius 3 is 2.83 bits per heavy atom. The molecule has 0 unspecified atom stereocenters. The molecule has 0 spiro atoms. The number of nitriles is 1. The molecular weight excluding hydrogens is 452 g/mol. The van der Waals surface area contributed by atoms with Gasteiger partial charge in [0.25, 0.3) is 0 Å². The third-order valence-corrected chi connectivity index (χ3v) is 5.77.